The van der Waals surface area contributed by atoms with Gasteiger partial charge in [-0.25, -0.2) is 0 Å². The van der Waals surface area contributed by atoms with Gasteiger partial charge in [0.25, 0.3) is 11.8 Å². The van der Waals surface area contributed by atoms with Crippen molar-refractivity contribution in [3.8, 4) is 5.69 Å². The van der Waals surface area contributed by atoms with E-state index in [0.29, 0.717) is 6.54 Å². The number of carbonyl (C=O) groups is 2. The number of amides is 2. The molecule has 0 unspecified atom stereocenters. The first kappa shape index (κ1) is 17.1. The number of rotatable bonds is 3. The van der Waals surface area contributed by atoms with Crippen molar-refractivity contribution in [2.24, 2.45) is 0 Å². The van der Waals surface area contributed by atoms with Crippen molar-refractivity contribution < 1.29 is 9.59 Å². The van der Waals surface area contributed by atoms with Gasteiger partial charge in [-0.05, 0) is 62.8 Å². The van der Waals surface area contributed by atoms with Crippen LogP contribution in [0.3, 0.4) is 0 Å². The Morgan fingerprint density at radius 3 is 2.48 bits per heavy atom. The van der Waals surface area contributed by atoms with Gasteiger partial charge in [-0.15, -0.1) is 0 Å². The monoisotopic (exact) mass is 353 g/mol. The average Bonchev–Trinajstić information content (AvgIpc) is 2.86. The van der Waals surface area contributed by atoms with Crippen molar-refractivity contribution in [2.45, 2.75) is 20.8 Å². The Bertz CT molecular complexity index is 897. The fourth-order valence-electron chi connectivity index (χ4n) is 3.04. The predicted molar refractivity (Wildman–Crippen MR) is 101 cm³/mol. The van der Waals surface area contributed by atoms with Crippen molar-refractivity contribution in [3.05, 3.63) is 58.9 Å². The van der Waals surface area contributed by atoms with Crippen molar-refractivity contribution in [2.75, 3.05) is 6.54 Å². The molecule has 0 radical (unpaired) electrons. The zero-order valence-electron chi connectivity index (χ0n) is 14.4. The number of para-hydroxylation sites is 1. The van der Waals surface area contributed by atoms with Crippen molar-refractivity contribution in [1.82, 2.24) is 14.8 Å². The van der Waals surface area contributed by atoms with Crippen LogP contribution in [0.15, 0.2) is 42.0 Å². The van der Waals surface area contributed by atoms with Gasteiger partial charge in [-0.2, -0.15) is 0 Å². The molecule has 128 valence electrons. The molecule has 1 fully saturated rings. The lowest BCUT2D eigenvalue weighted by molar-refractivity contribution is -0.128. The zero-order chi connectivity index (χ0) is 18.1. The number of aryl methyl sites for hydroxylation is 1. The first-order valence-electron chi connectivity index (χ1n) is 8.07. The second kappa shape index (κ2) is 6.64. The smallest absolute Gasteiger partial charge is 0.265 e. The number of thiocarbonyl (C=S) groups is 1. The van der Waals surface area contributed by atoms with Crippen LogP contribution < -0.4 is 5.32 Å². The summed E-state index contributed by atoms with van der Waals surface area (Å²) in [6.45, 7) is 6.21. The molecule has 1 N–H and O–H groups in total. The Morgan fingerprint density at radius 1 is 1.16 bits per heavy atom. The molecule has 25 heavy (non-hydrogen) atoms. The summed E-state index contributed by atoms with van der Waals surface area (Å²) in [5.74, 6) is -0.815. The highest BCUT2D eigenvalue weighted by Crippen LogP contribution is 2.24. The normalized spacial score (nSPS) is 16.5. The maximum Gasteiger partial charge on any atom is 0.265 e. The number of carbonyl (C=O) groups excluding carboxylic acids is 2. The number of nitrogens with one attached hydrogen (secondary N) is 1. The minimum absolute atomic E-state index is 0.101. The van der Waals surface area contributed by atoms with Gasteiger partial charge in [0.2, 0.25) is 0 Å². The van der Waals surface area contributed by atoms with E-state index in [-0.39, 0.29) is 16.6 Å². The summed E-state index contributed by atoms with van der Waals surface area (Å²) in [4.78, 5) is 26.2. The van der Waals surface area contributed by atoms with E-state index in [9.17, 15) is 9.59 Å². The van der Waals surface area contributed by atoms with E-state index in [1.807, 2.05) is 57.2 Å². The number of hydrogen-bond donors (Lipinski definition) is 1. The van der Waals surface area contributed by atoms with Gasteiger partial charge in [0.05, 0.1) is 0 Å². The van der Waals surface area contributed by atoms with E-state index in [4.69, 9.17) is 12.2 Å². The summed E-state index contributed by atoms with van der Waals surface area (Å²) in [6, 6.07) is 11.9. The van der Waals surface area contributed by atoms with Gasteiger partial charge in [0.15, 0.2) is 5.11 Å². The van der Waals surface area contributed by atoms with E-state index >= 15 is 0 Å². The van der Waals surface area contributed by atoms with E-state index in [1.54, 1.807) is 6.08 Å². The Labute approximate surface area is 151 Å². The van der Waals surface area contributed by atoms with Crippen molar-refractivity contribution >= 4 is 35.2 Å². The van der Waals surface area contributed by atoms with Gasteiger partial charge >= 0.3 is 0 Å². The van der Waals surface area contributed by atoms with Crippen LogP contribution in [0.1, 0.15) is 23.9 Å². The summed E-state index contributed by atoms with van der Waals surface area (Å²) in [5, 5.41) is 2.73. The summed E-state index contributed by atoms with van der Waals surface area (Å²) in [5.41, 5.74) is 3.97. The summed E-state index contributed by atoms with van der Waals surface area (Å²) in [7, 11) is 0. The van der Waals surface area contributed by atoms with Crippen molar-refractivity contribution in [3.63, 3.8) is 0 Å². The van der Waals surface area contributed by atoms with Crippen LogP contribution in [0.25, 0.3) is 11.8 Å². The number of likely N-dealkylation sites (N-methyl/N-ethyl adjacent to an activating group) is 1. The molecule has 3 rings (SSSR count). The molecule has 5 nitrogen and oxygen atoms in total. The molecule has 0 bridgehead atoms. The minimum Gasteiger partial charge on any atom is -0.318 e. The molecule has 0 aliphatic carbocycles. The first-order valence-corrected chi connectivity index (χ1v) is 8.48. The van der Waals surface area contributed by atoms with E-state index in [0.717, 1.165) is 22.6 Å². The van der Waals surface area contributed by atoms with Crippen LogP contribution in [0.2, 0.25) is 0 Å². The van der Waals surface area contributed by atoms with E-state index in [1.165, 1.54) is 4.90 Å². The van der Waals surface area contributed by atoms with Gasteiger partial charge in [-0.1, -0.05) is 18.2 Å². The average molecular weight is 353 g/mol. The largest absolute Gasteiger partial charge is 0.318 e. The van der Waals surface area contributed by atoms with Gasteiger partial charge < -0.3 is 4.57 Å². The fourth-order valence-corrected chi connectivity index (χ4v) is 3.35. The van der Waals surface area contributed by atoms with E-state index < -0.39 is 5.91 Å². The standard InChI is InChI=1S/C19H19N3O2S/c1-4-21-18(24)16(17(23)20-19(21)25)11-14-10-12(2)22(13(14)3)15-8-6-5-7-9-15/h5-11H,4H2,1-3H3,(H,20,23,25). The van der Waals surface area contributed by atoms with Crippen LogP contribution in [-0.4, -0.2) is 32.9 Å². The lowest BCUT2D eigenvalue weighted by Gasteiger charge is -2.27. The molecule has 1 aliphatic heterocycles. The predicted octanol–water partition coefficient (Wildman–Crippen LogP) is 2.74. The zero-order valence-corrected chi connectivity index (χ0v) is 15.2. The van der Waals surface area contributed by atoms with Crippen LogP contribution in [0, 0.1) is 13.8 Å². The number of hydrogen-bond acceptors (Lipinski definition) is 3. The lowest BCUT2D eigenvalue weighted by Crippen LogP contribution is -2.53. The SMILES string of the molecule is CCN1C(=O)C(=Cc2cc(C)n(-c3ccccc3)c2C)C(=O)NC1=S. The molecule has 1 saturated heterocycles. The van der Waals surface area contributed by atoms with Gasteiger partial charge in [0.1, 0.15) is 5.57 Å². The quantitative estimate of drug-likeness (QED) is 0.524. The Hall–Kier alpha value is -2.73. The molecule has 0 spiro atoms. The molecule has 0 saturated carbocycles. The Kier molecular flexibility index (Phi) is 4.55. The minimum atomic E-state index is -0.454. The van der Waals surface area contributed by atoms with Crippen molar-refractivity contribution in [1.29, 1.82) is 0 Å². The second-order valence-electron chi connectivity index (χ2n) is 5.86. The second-order valence-corrected chi connectivity index (χ2v) is 6.25. The topological polar surface area (TPSA) is 54.3 Å². The Morgan fingerprint density at radius 2 is 1.84 bits per heavy atom. The molecule has 2 aromatic rings. The summed E-state index contributed by atoms with van der Waals surface area (Å²) < 4.78 is 2.10. The molecule has 1 aromatic carbocycles. The summed E-state index contributed by atoms with van der Waals surface area (Å²) in [6.07, 6.45) is 1.64. The van der Waals surface area contributed by atoms with E-state index in [2.05, 4.69) is 9.88 Å². The van der Waals surface area contributed by atoms with Gasteiger partial charge in [-0.3, -0.25) is 19.8 Å². The lowest BCUT2D eigenvalue weighted by atomic mass is 10.1. The number of benzene rings is 1. The number of aromatic nitrogens is 1. The molecule has 2 heterocycles. The molecular weight excluding hydrogens is 334 g/mol. The maximum absolute atomic E-state index is 12.6. The highest BCUT2D eigenvalue weighted by Gasteiger charge is 2.32. The third-order valence-corrected chi connectivity index (χ3v) is 4.61. The van der Waals surface area contributed by atoms with Crippen LogP contribution in [-0.2, 0) is 9.59 Å². The fraction of sp³-hybridized carbons (Fsp3) is 0.211. The molecule has 0 atom stereocenters. The molecule has 2 amide bonds. The third-order valence-electron chi connectivity index (χ3n) is 4.29. The van der Waals surface area contributed by atoms with Crippen LogP contribution >= 0.6 is 12.2 Å². The maximum atomic E-state index is 12.6. The third kappa shape index (κ3) is 3.00. The summed E-state index contributed by atoms with van der Waals surface area (Å²) >= 11 is 5.05. The molecule has 6 heteroatoms. The molecular formula is C19H19N3O2S. The highest BCUT2D eigenvalue weighted by atomic mass is 32.1. The first-order chi connectivity index (χ1) is 11.9. The van der Waals surface area contributed by atoms with Crippen LogP contribution in [0.5, 0.6) is 0 Å². The van der Waals surface area contributed by atoms with Crippen LogP contribution in [0.4, 0.5) is 0 Å². The number of nitrogens with zero attached hydrogens (tertiary/aromatic N) is 2. The highest BCUT2D eigenvalue weighted by molar-refractivity contribution is 7.80. The Balaban J connectivity index is 2.06. The molecule has 1 aliphatic rings. The van der Waals surface area contributed by atoms with Gasteiger partial charge in [0, 0.05) is 23.6 Å². The molecule has 1 aromatic heterocycles.